The van der Waals surface area contributed by atoms with Crippen LogP contribution >= 0.6 is 11.3 Å². The Morgan fingerprint density at radius 1 is 1.23 bits per heavy atom. The van der Waals surface area contributed by atoms with Crippen molar-refractivity contribution in [3.8, 4) is 0 Å². The fourth-order valence-corrected chi connectivity index (χ4v) is 4.77. The Bertz CT molecular complexity index is 604. The van der Waals surface area contributed by atoms with E-state index in [-0.39, 0.29) is 11.9 Å². The third-order valence-corrected chi connectivity index (χ3v) is 6.46. The minimum absolute atomic E-state index is 0.0868. The van der Waals surface area contributed by atoms with Crippen LogP contribution in [0.4, 0.5) is 4.79 Å². The van der Waals surface area contributed by atoms with Crippen LogP contribution in [0.5, 0.6) is 0 Å². The topological polar surface area (TPSA) is 74.3 Å². The summed E-state index contributed by atoms with van der Waals surface area (Å²) < 4.78 is 0. The average molecular weight is 379 g/mol. The summed E-state index contributed by atoms with van der Waals surface area (Å²) in [5.41, 5.74) is 1.06. The van der Waals surface area contributed by atoms with Crippen LogP contribution in [0.25, 0.3) is 0 Å². The number of aromatic nitrogens is 1. The second-order valence-electron chi connectivity index (χ2n) is 7.32. The van der Waals surface area contributed by atoms with Crippen molar-refractivity contribution in [2.75, 3.05) is 19.6 Å². The van der Waals surface area contributed by atoms with Crippen LogP contribution in [0.1, 0.15) is 68.5 Å². The molecule has 2 N–H and O–H groups in total. The molecule has 0 unspecified atom stereocenters. The number of urea groups is 1. The van der Waals surface area contributed by atoms with E-state index in [1.54, 1.807) is 11.3 Å². The monoisotopic (exact) mass is 378 g/mol. The van der Waals surface area contributed by atoms with Gasteiger partial charge < -0.3 is 15.5 Å². The summed E-state index contributed by atoms with van der Waals surface area (Å²) in [6.07, 6.45) is 8.00. The lowest BCUT2D eigenvalue weighted by Gasteiger charge is -2.32. The van der Waals surface area contributed by atoms with Gasteiger partial charge in [0.15, 0.2) is 0 Å². The minimum Gasteiger partial charge on any atom is -0.356 e. The van der Waals surface area contributed by atoms with E-state index in [0.29, 0.717) is 24.9 Å². The number of carbonyl (C=O) groups excluding carboxylic acids is 2. The number of piperidine rings is 1. The van der Waals surface area contributed by atoms with Crippen molar-refractivity contribution in [1.29, 1.82) is 0 Å². The van der Waals surface area contributed by atoms with Gasteiger partial charge in [-0.15, -0.1) is 11.3 Å². The van der Waals surface area contributed by atoms with Crippen LogP contribution in [0.15, 0.2) is 5.38 Å². The van der Waals surface area contributed by atoms with Crippen molar-refractivity contribution in [1.82, 2.24) is 20.5 Å². The predicted octanol–water partition coefficient (Wildman–Crippen LogP) is 3.04. The number of rotatable bonds is 6. The largest absolute Gasteiger partial charge is 0.356 e. The Hall–Kier alpha value is -1.63. The molecule has 6 nitrogen and oxygen atoms in total. The lowest BCUT2D eigenvalue weighted by Crippen LogP contribution is -2.47. The molecule has 0 spiro atoms. The van der Waals surface area contributed by atoms with Crippen LogP contribution in [-0.4, -0.2) is 47.5 Å². The lowest BCUT2D eigenvalue weighted by molar-refractivity contribution is -0.120. The zero-order chi connectivity index (χ0) is 18.4. The average Bonchev–Trinajstić information content (AvgIpc) is 3.34. The van der Waals surface area contributed by atoms with E-state index in [1.807, 2.05) is 11.8 Å². The Morgan fingerprint density at radius 3 is 2.65 bits per heavy atom. The van der Waals surface area contributed by atoms with Crippen LogP contribution in [0.2, 0.25) is 0 Å². The van der Waals surface area contributed by atoms with Gasteiger partial charge in [0, 0.05) is 49.8 Å². The number of nitrogens with one attached hydrogen (secondary N) is 2. The number of likely N-dealkylation sites (tertiary alicyclic amines) is 1. The lowest BCUT2D eigenvalue weighted by atomic mass is 9.98. The summed E-state index contributed by atoms with van der Waals surface area (Å²) in [7, 11) is 0. The molecule has 1 saturated heterocycles. The number of hydrogen-bond acceptors (Lipinski definition) is 4. The normalized spacial score (nSPS) is 18.9. The van der Waals surface area contributed by atoms with Gasteiger partial charge in [0.25, 0.3) is 0 Å². The second-order valence-corrected chi connectivity index (χ2v) is 8.21. The predicted molar refractivity (Wildman–Crippen MR) is 103 cm³/mol. The summed E-state index contributed by atoms with van der Waals surface area (Å²) in [4.78, 5) is 30.4. The highest BCUT2D eigenvalue weighted by Crippen LogP contribution is 2.30. The number of hydrogen-bond donors (Lipinski definition) is 2. The Kier molecular flexibility index (Phi) is 6.88. The van der Waals surface area contributed by atoms with Gasteiger partial charge in [-0.2, -0.15) is 0 Å². The van der Waals surface area contributed by atoms with Crippen molar-refractivity contribution in [2.45, 2.75) is 70.3 Å². The number of thiazole rings is 1. The molecule has 26 heavy (non-hydrogen) atoms. The molecule has 144 valence electrons. The van der Waals surface area contributed by atoms with Crippen molar-refractivity contribution in [3.05, 3.63) is 16.1 Å². The van der Waals surface area contributed by atoms with Gasteiger partial charge in [0.1, 0.15) is 0 Å². The molecule has 1 aromatic rings. The third kappa shape index (κ3) is 5.19. The second kappa shape index (κ2) is 9.35. The first-order chi connectivity index (χ1) is 12.7. The fourth-order valence-electron chi connectivity index (χ4n) is 3.75. The minimum atomic E-state index is 0.0868. The first-order valence-electron chi connectivity index (χ1n) is 9.92. The fraction of sp³-hybridized carbons (Fsp3) is 0.737. The van der Waals surface area contributed by atoms with Gasteiger partial charge in [-0.05, 0) is 25.7 Å². The van der Waals surface area contributed by atoms with Gasteiger partial charge in [-0.3, -0.25) is 4.79 Å². The first kappa shape index (κ1) is 19.1. The molecule has 1 aliphatic carbocycles. The molecule has 2 heterocycles. The SMILES string of the molecule is CCC(=O)NCCc1csc(C2CCN(C(=O)NC3CCCC3)CC2)n1. The van der Waals surface area contributed by atoms with Crippen molar-refractivity contribution in [2.24, 2.45) is 0 Å². The van der Waals surface area contributed by atoms with E-state index in [2.05, 4.69) is 16.0 Å². The number of nitrogens with zero attached hydrogens (tertiary/aromatic N) is 2. The Morgan fingerprint density at radius 2 is 1.96 bits per heavy atom. The molecule has 0 atom stereocenters. The third-order valence-electron chi connectivity index (χ3n) is 5.41. The molecule has 3 amide bonds. The smallest absolute Gasteiger partial charge is 0.317 e. The van der Waals surface area contributed by atoms with Gasteiger partial charge in [0.05, 0.1) is 10.7 Å². The highest BCUT2D eigenvalue weighted by Gasteiger charge is 2.27. The first-order valence-corrected chi connectivity index (χ1v) is 10.8. The molecule has 7 heteroatoms. The van der Waals surface area contributed by atoms with Gasteiger partial charge >= 0.3 is 6.03 Å². The Labute approximate surface area is 159 Å². The van der Waals surface area contributed by atoms with Crippen LogP contribution < -0.4 is 10.6 Å². The summed E-state index contributed by atoms with van der Waals surface area (Å²) in [6.45, 7) is 4.13. The summed E-state index contributed by atoms with van der Waals surface area (Å²) in [6, 6.07) is 0.497. The highest BCUT2D eigenvalue weighted by molar-refractivity contribution is 7.09. The molecule has 1 aromatic heterocycles. The number of carbonyl (C=O) groups is 2. The van der Waals surface area contributed by atoms with E-state index < -0.39 is 0 Å². The maximum Gasteiger partial charge on any atom is 0.317 e. The van der Waals surface area contributed by atoms with E-state index in [0.717, 1.165) is 50.9 Å². The molecule has 0 radical (unpaired) electrons. The maximum absolute atomic E-state index is 12.4. The van der Waals surface area contributed by atoms with Gasteiger partial charge in [-0.1, -0.05) is 19.8 Å². The van der Waals surface area contributed by atoms with E-state index in [9.17, 15) is 9.59 Å². The molecular weight excluding hydrogens is 348 g/mol. The molecule has 2 fully saturated rings. The van der Waals surface area contributed by atoms with Crippen LogP contribution in [0.3, 0.4) is 0 Å². The molecular formula is C19H30N4O2S. The maximum atomic E-state index is 12.4. The van der Waals surface area contributed by atoms with Crippen molar-refractivity contribution < 1.29 is 9.59 Å². The van der Waals surface area contributed by atoms with Crippen LogP contribution in [-0.2, 0) is 11.2 Å². The summed E-state index contributed by atoms with van der Waals surface area (Å²) in [5, 5.41) is 9.36. The van der Waals surface area contributed by atoms with E-state index in [4.69, 9.17) is 4.98 Å². The van der Waals surface area contributed by atoms with E-state index in [1.165, 1.54) is 17.8 Å². The van der Waals surface area contributed by atoms with Crippen LogP contribution in [0, 0.1) is 0 Å². The van der Waals surface area contributed by atoms with Crippen molar-refractivity contribution in [3.63, 3.8) is 0 Å². The van der Waals surface area contributed by atoms with Gasteiger partial charge in [0.2, 0.25) is 5.91 Å². The molecule has 1 aliphatic heterocycles. The molecule has 0 bridgehead atoms. The summed E-state index contributed by atoms with van der Waals surface area (Å²) >= 11 is 1.71. The zero-order valence-electron chi connectivity index (χ0n) is 15.6. The number of amides is 3. The standard InChI is InChI=1S/C19H30N4O2S/c1-2-17(24)20-10-7-16-13-26-18(21-16)14-8-11-23(12-9-14)19(25)22-15-5-3-4-6-15/h13-15H,2-12H2,1H3,(H,20,24)(H,22,25). The molecule has 1 saturated carbocycles. The highest BCUT2D eigenvalue weighted by atomic mass is 32.1. The van der Waals surface area contributed by atoms with E-state index >= 15 is 0 Å². The summed E-state index contributed by atoms with van der Waals surface area (Å²) in [5.74, 6) is 0.540. The molecule has 0 aromatic carbocycles. The van der Waals surface area contributed by atoms with Gasteiger partial charge in [-0.25, -0.2) is 9.78 Å². The Balaban J connectivity index is 1.41. The quantitative estimate of drug-likeness (QED) is 0.799. The molecule has 2 aliphatic rings. The zero-order valence-corrected chi connectivity index (χ0v) is 16.4. The molecule has 3 rings (SSSR count). The van der Waals surface area contributed by atoms with Crippen molar-refractivity contribution >= 4 is 23.3 Å².